The number of carbonyl (C=O) groups is 1. The van der Waals surface area contributed by atoms with Crippen molar-refractivity contribution < 1.29 is 14.6 Å². The Kier molecular flexibility index (Phi) is 3.69. The van der Waals surface area contributed by atoms with E-state index < -0.39 is 12.0 Å². The van der Waals surface area contributed by atoms with Crippen LogP contribution in [0.25, 0.3) is 0 Å². The van der Waals surface area contributed by atoms with E-state index in [1.54, 1.807) is 6.92 Å². The highest BCUT2D eigenvalue weighted by Gasteiger charge is 2.22. The number of carboxylic acids is 1. The van der Waals surface area contributed by atoms with Gasteiger partial charge in [0.25, 0.3) is 0 Å². The predicted octanol–water partition coefficient (Wildman–Crippen LogP) is 0.617. The summed E-state index contributed by atoms with van der Waals surface area (Å²) in [6.07, 6.45) is 2.62. The molecule has 1 rings (SSSR count). The molecular formula is C9H17NO3. The first kappa shape index (κ1) is 10.5. The molecular weight excluding hydrogens is 170 g/mol. The van der Waals surface area contributed by atoms with E-state index in [9.17, 15) is 4.79 Å². The lowest BCUT2D eigenvalue weighted by molar-refractivity contribution is -0.139. The molecule has 0 saturated carbocycles. The van der Waals surface area contributed by atoms with Gasteiger partial charge in [0, 0.05) is 6.54 Å². The van der Waals surface area contributed by atoms with E-state index in [-0.39, 0.29) is 6.10 Å². The third-order valence-electron chi connectivity index (χ3n) is 2.34. The first-order valence-electron chi connectivity index (χ1n) is 4.71. The fourth-order valence-electron chi connectivity index (χ4n) is 1.43. The molecule has 0 radical (unpaired) electrons. The molecule has 0 aromatic rings. The SMILES string of the molecule is CC1CCC(CN[C@@H](C)C(=O)O)O1. The number of ether oxygens (including phenoxy) is 1. The lowest BCUT2D eigenvalue weighted by Gasteiger charge is -2.14. The van der Waals surface area contributed by atoms with Crippen molar-refractivity contribution in [2.45, 2.75) is 44.9 Å². The number of hydrogen-bond acceptors (Lipinski definition) is 3. The van der Waals surface area contributed by atoms with Crippen LogP contribution in [0.3, 0.4) is 0 Å². The molecule has 0 aromatic carbocycles. The van der Waals surface area contributed by atoms with Gasteiger partial charge in [0.1, 0.15) is 6.04 Å². The summed E-state index contributed by atoms with van der Waals surface area (Å²) in [5.41, 5.74) is 0. The minimum Gasteiger partial charge on any atom is -0.480 e. The zero-order valence-electron chi connectivity index (χ0n) is 8.12. The van der Waals surface area contributed by atoms with Crippen molar-refractivity contribution in [3.05, 3.63) is 0 Å². The Labute approximate surface area is 78.3 Å². The van der Waals surface area contributed by atoms with Crippen LogP contribution in [0, 0.1) is 0 Å². The fraction of sp³-hybridized carbons (Fsp3) is 0.889. The van der Waals surface area contributed by atoms with E-state index in [1.165, 1.54) is 0 Å². The van der Waals surface area contributed by atoms with Gasteiger partial charge in [-0.05, 0) is 26.7 Å². The first-order valence-corrected chi connectivity index (χ1v) is 4.71. The van der Waals surface area contributed by atoms with E-state index in [2.05, 4.69) is 5.32 Å². The van der Waals surface area contributed by atoms with Crippen LogP contribution in [-0.2, 0) is 9.53 Å². The number of aliphatic carboxylic acids is 1. The number of carboxylic acid groups (broad SMARTS) is 1. The number of nitrogens with one attached hydrogen (secondary N) is 1. The number of rotatable bonds is 4. The molecule has 0 aromatic heterocycles. The molecule has 1 aliphatic heterocycles. The normalized spacial score (nSPS) is 30.3. The molecule has 0 amide bonds. The standard InChI is InChI=1S/C9H17NO3/c1-6-3-4-8(13-6)5-10-7(2)9(11)12/h6-8,10H,3-5H2,1-2H3,(H,11,12)/t6?,7-,8?/m0/s1. The lowest BCUT2D eigenvalue weighted by Crippen LogP contribution is -2.38. The van der Waals surface area contributed by atoms with Gasteiger partial charge < -0.3 is 15.2 Å². The summed E-state index contributed by atoms with van der Waals surface area (Å²) in [4.78, 5) is 10.5. The average molecular weight is 187 g/mol. The third-order valence-corrected chi connectivity index (χ3v) is 2.34. The van der Waals surface area contributed by atoms with Gasteiger partial charge in [0.2, 0.25) is 0 Å². The Morgan fingerprint density at radius 1 is 1.69 bits per heavy atom. The van der Waals surface area contributed by atoms with E-state index in [0.717, 1.165) is 12.8 Å². The Morgan fingerprint density at radius 2 is 2.38 bits per heavy atom. The predicted molar refractivity (Wildman–Crippen MR) is 48.7 cm³/mol. The molecule has 1 aliphatic rings. The summed E-state index contributed by atoms with van der Waals surface area (Å²) >= 11 is 0. The number of hydrogen-bond donors (Lipinski definition) is 2. The highest BCUT2D eigenvalue weighted by atomic mass is 16.5. The topological polar surface area (TPSA) is 58.6 Å². The van der Waals surface area contributed by atoms with Crippen LogP contribution in [0.1, 0.15) is 26.7 Å². The smallest absolute Gasteiger partial charge is 0.320 e. The Bertz CT molecular complexity index is 184. The monoisotopic (exact) mass is 187 g/mol. The van der Waals surface area contributed by atoms with Crippen molar-refractivity contribution in [2.75, 3.05) is 6.54 Å². The fourth-order valence-corrected chi connectivity index (χ4v) is 1.43. The van der Waals surface area contributed by atoms with E-state index >= 15 is 0 Å². The zero-order chi connectivity index (χ0) is 9.84. The first-order chi connectivity index (χ1) is 6.09. The molecule has 4 heteroatoms. The Balaban J connectivity index is 2.16. The van der Waals surface area contributed by atoms with E-state index in [4.69, 9.17) is 9.84 Å². The Hall–Kier alpha value is -0.610. The summed E-state index contributed by atoms with van der Waals surface area (Å²) in [5.74, 6) is -0.814. The van der Waals surface area contributed by atoms with Gasteiger partial charge in [-0.25, -0.2) is 0 Å². The molecule has 13 heavy (non-hydrogen) atoms. The van der Waals surface area contributed by atoms with Gasteiger partial charge in [0.15, 0.2) is 0 Å². The summed E-state index contributed by atoms with van der Waals surface area (Å²) in [7, 11) is 0. The molecule has 1 fully saturated rings. The molecule has 2 unspecified atom stereocenters. The van der Waals surface area contributed by atoms with Gasteiger partial charge >= 0.3 is 5.97 Å². The molecule has 3 atom stereocenters. The molecule has 1 saturated heterocycles. The van der Waals surface area contributed by atoms with Crippen molar-refractivity contribution >= 4 is 5.97 Å². The largest absolute Gasteiger partial charge is 0.480 e. The van der Waals surface area contributed by atoms with Crippen LogP contribution in [0.4, 0.5) is 0 Å². The maximum atomic E-state index is 10.5. The molecule has 1 heterocycles. The molecule has 0 bridgehead atoms. The van der Waals surface area contributed by atoms with E-state index in [0.29, 0.717) is 12.6 Å². The van der Waals surface area contributed by atoms with Crippen LogP contribution in [0.15, 0.2) is 0 Å². The quantitative estimate of drug-likeness (QED) is 0.677. The summed E-state index contributed by atoms with van der Waals surface area (Å²) in [5, 5.41) is 11.5. The zero-order valence-corrected chi connectivity index (χ0v) is 8.12. The molecule has 0 spiro atoms. The van der Waals surface area contributed by atoms with Crippen molar-refractivity contribution in [1.82, 2.24) is 5.32 Å². The van der Waals surface area contributed by atoms with Crippen LogP contribution >= 0.6 is 0 Å². The van der Waals surface area contributed by atoms with Crippen LogP contribution < -0.4 is 5.32 Å². The van der Waals surface area contributed by atoms with Crippen molar-refractivity contribution in [3.63, 3.8) is 0 Å². The molecule has 2 N–H and O–H groups in total. The second-order valence-electron chi connectivity index (χ2n) is 3.61. The lowest BCUT2D eigenvalue weighted by atomic mass is 10.2. The van der Waals surface area contributed by atoms with Crippen LogP contribution in [-0.4, -0.2) is 35.9 Å². The second-order valence-corrected chi connectivity index (χ2v) is 3.61. The Morgan fingerprint density at radius 3 is 2.85 bits per heavy atom. The minimum absolute atomic E-state index is 0.191. The highest BCUT2D eigenvalue weighted by Crippen LogP contribution is 2.18. The minimum atomic E-state index is -0.814. The summed E-state index contributed by atoms with van der Waals surface area (Å²) < 4.78 is 5.54. The highest BCUT2D eigenvalue weighted by molar-refractivity contribution is 5.72. The van der Waals surface area contributed by atoms with Crippen molar-refractivity contribution in [3.8, 4) is 0 Å². The van der Waals surface area contributed by atoms with Crippen LogP contribution in [0.2, 0.25) is 0 Å². The summed E-state index contributed by atoms with van der Waals surface area (Å²) in [6, 6.07) is -0.487. The van der Waals surface area contributed by atoms with Crippen molar-refractivity contribution in [1.29, 1.82) is 0 Å². The second kappa shape index (κ2) is 4.58. The van der Waals surface area contributed by atoms with E-state index in [1.807, 2.05) is 6.92 Å². The van der Waals surface area contributed by atoms with Gasteiger partial charge in [-0.15, -0.1) is 0 Å². The van der Waals surface area contributed by atoms with Gasteiger partial charge in [0.05, 0.1) is 12.2 Å². The van der Waals surface area contributed by atoms with Crippen LogP contribution in [0.5, 0.6) is 0 Å². The maximum absolute atomic E-state index is 10.5. The maximum Gasteiger partial charge on any atom is 0.320 e. The molecule has 4 nitrogen and oxygen atoms in total. The van der Waals surface area contributed by atoms with Gasteiger partial charge in [-0.2, -0.15) is 0 Å². The molecule has 76 valence electrons. The van der Waals surface area contributed by atoms with Crippen molar-refractivity contribution in [2.24, 2.45) is 0 Å². The van der Waals surface area contributed by atoms with Gasteiger partial charge in [-0.3, -0.25) is 4.79 Å². The average Bonchev–Trinajstić information content (AvgIpc) is 2.47. The van der Waals surface area contributed by atoms with Gasteiger partial charge in [-0.1, -0.05) is 0 Å². The third kappa shape index (κ3) is 3.32. The molecule has 0 aliphatic carbocycles. The summed E-state index contributed by atoms with van der Waals surface area (Å²) in [6.45, 7) is 4.32.